The van der Waals surface area contributed by atoms with E-state index in [0.717, 1.165) is 48.8 Å². The highest BCUT2D eigenvalue weighted by Crippen LogP contribution is 2.22. The predicted molar refractivity (Wildman–Crippen MR) is 128 cm³/mol. The molecule has 1 atom stereocenters. The second-order valence-electron chi connectivity index (χ2n) is 8.25. The fraction of sp³-hybridized carbons (Fsp3) is 0.259. The van der Waals surface area contributed by atoms with Crippen LogP contribution in [-0.2, 0) is 19.4 Å². The van der Waals surface area contributed by atoms with Crippen molar-refractivity contribution in [2.45, 2.75) is 45.3 Å². The van der Waals surface area contributed by atoms with E-state index in [1.807, 2.05) is 24.3 Å². The first-order valence-corrected chi connectivity index (χ1v) is 11.5. The standard InChI is InChI=1S/C27H27F2N3O3/c1-18(33)27-30-15-22(32-27)8-4-2-6-20-7-3-5-9-25(20)34-16-23-17-35-26(31-23)13-11-19-10-12-21(28)14-24(19)29/h3,5,7,9-15,17-18,33H,2,4,6,8,16H2,1H3,(H,30,32)/b13-11+. The molecule has 0 spiro atoms. The first kappa shape index (κ1) is 24.3. The minimum absolute atomic E-state index is 0.232. The van der Waals surface area contributed by atoms with Crippen LogP contribution < -0.4 is 4.74 Å². The monoisotopic (exact) mass is 479 g/mol. The summed E-state index contributed by atoms with van der Waals surface area (Å²) < 4.78 is 38.2. The number of nitrogens with zero attached hydrogens (tertiary/aromatic N) is 2. The van der Waals surface area contributed by atoms with E-state index in [2.05, 4.69) is 15.0 Å². The molecule has 0 bridgehead atoms. The lowest BCUT2D eigenvalue weighted by molar-refractivity contribution is 0.190. The Labute approximate surface area is 202 Å². The number of ether oxygens (including phenoxy) is 1. The third kappa shape index (κ3) is 6.86. The number of imidazole rings is 1. The molecule has 2 aromatic carbocycles. The van der Waals surface area contributed by atoms with E-state index in [1.165, 1.54) is 30.5 Å². The van der Waals surface area contributed by atoms with Gasteiger partial charge in [-0.15, -0.1) is 0 Å². The van der Waals surface area contributed by atoms with Crippen molar-refractivity contribution < 1.29 is 23.0 Å². The lowest BCUT2D eigenvalue weighted by atomic mass is 10.1. The number of halogens is 2. The Balaban J connectivity index is 1.28. The second kappa shape index (κ2) is 11.6. The summed E-state index contributed by atoms with van der Waals surface area (Å²) in [5, 5.41) is 9.57. The van der Waals surface area contributed by atoms with Gasteiger partial charge in [-0.3, -0.25) is 0 Å². The highest BCUT2D eigenvalue weighted by atomic mass is 19.1. The summed E-state index contributed by atoms with van der Waals surface area (Å²) in [5.74, 6) is 0.409. The summed E-state index contributed by atoms with van der Waals surface area (Å²) >= 11 is 0. The molecule has 0 aliphatic rings. The van der Waals surface area contributed by atoms with E-state index < -0.39 is 17.7 Å². The van der Waals surface area contributed by atoms with E-state index in [9.17, 15) is 13.9 Å². The number of aliphatic hydroxyl groups excluding tert-OH is 1. The van der Waals surface area contributed by atoms with Crippen molar-refractivity contribution in [3.8, 4) is 5.75 Å². The van der Waals surface area contributed by atoms with Gasteiger partial charge in [0.1, 0.15) is 47.9 Å². The van der Waals surface area contributed by atoms with E-state index in [-0.39, 0.29) is 12.2 Å². The predicted octanol–water partition coefficient (Wildman–Crippen LogP) is 6.04. The van der Waals surface area contributed by atoms with Gasteiger partial charge in [-0.25, -0.2) is 18.7 Å². The number of rotatable bonds is 11. The van der Waals surface area contributed by atoms with Crippen molar-refractivity contribution in [1.82, 2.24) is 15.0 Å². The maximum Gasteiger partial charge on any atom is 0.218 e. The molecular weight excluding hydrogens is 452 g/mol. The zero-order valence-electron chi connectivity index (χ0n) is 19.4. The molecule has 2 aromatic heterocycles. The molecule has 0 radical (unpaired) electrons. The number of hydrogen-bond donors (Lipinski definition) is 2. The van der Waals surface area contributed by atoms with Gasteiger partial charge in [0.15, 0.2) is 0 Å². The number of nitrogens with one attached hydrogen (secondary N) is 1. The lowest BCUT2D eigenvalue weighted by Crippen LogP contribution is -1.99. The number of oxazole rings is 1. The topological polar surface area (TPSA) is 84.2 Å². The summed E-state index contributed by atoms with van der Waals surface area (Å²) in [6.07, 6.45) is 9.36. The molecule has 4 rings (SSSR count). The van der Waals surface area contributed by atoms with E-state index in [0.29, 0.717) is 17.4 Å². The van der Waals surface area contributed by atoms with Crippen molar-refractivity contribution in [2.75, 3.05) is 0 Å². The van der Waals surface area contributed by atoms with Crippen LogP contribution in [0.25, 0.3) is 12.2 Å². The Hall–Kier alpha value is -3.78. The van der Waals surface area contributed by atoms with Crippen LogP contribution in [0.1, 0.15) is 60.1 Å². The SMILES string of the molecule is CC(O)c1ncc(CCCCc2ccccc2OCc2coc(/C=C/c3ccc(F)cc3F)n2)[nH]1. The Kier molecular flexibility index (Phi) is 8.05. The molecule has 8 heteroatoms. The van der Waals surface area contributed by atoms with Crippen molar-refractivity contribution in [3.05, 3.63) is 101 Å². The molecule has 2 heterocycles. The number of H-pyrrole nitrogens is 1. The van der Waals surface area contributed by atoms with Crippen molar-refractivity contribution in [2.24, 2.45) is 0 Å². The van der Waals surface area contributed by atoms with Crippen LogP contribution in [-0.4, -0.2) is 20.1 Å². The number of aromatic nitrogens is 3. The Morgan fingerprint density at radius 2 is 1.94 bits per heavy atom. The van der Waals surface area contributed by atoms with Gasteiger partial charge in [0, 0.05) is 29.6 Å². The lowest BCUT2D eigenvalue weighted by Gasteiger charge is -2.10. The smallest absolute Gasteiger partial charge is 0.218 e. The van der Waals surface area contributed by atoms with Gasteiger partial charge in [0.25, 0.3) is 0 Å². The Bertz CT molecular complexity index is 1280. The fourth-order valence-corrected chi connectivity index (χ4v) is 3.61. The molecule has 35 heavy (non-hydrogen) atoms. The Morgan fingerprint density at radius 1 is 1.11 bits per heavy atom. The zero-order valence-corrected chi connectivity index (χ0v) is 19.4. The number of aryl methyl sites for hydroxylation is 2. The molecule has 182 valence electrons. The molecule has 0 fully saturated rings. The van der Waals surface area contributed by atoms with E-state index in [4.69, 9.17) is 9.15 Å². The average molecular weight is 480 g/mol. The quantitative estimate of drug-likeness (QED) is 0.256. The summed E-state index contributed by atoms with van der Waals surface area (Å²) in [6, 6.07) is 11.3. The van der Waals surface area contributed by atoms with Crippen LogP contribution >= 0.6 is 0 Å². The molecular formula is C27H27F2N3O3. The van der Waals surface area contributed by atoms with Gasteiger partial charge in [0.2, 0.25) is 5.89 Å². The third-order valence-corrected chi connectivity index (χ3v) is 5.47. The highest BCUT2D eigenvalue weighted by molar-refractivity contribution is 5.66. The van der Waals surface area contributed by atoms with Gasteiger partial charge >= 0.3 is 0 Å². The minimum atomic E-state index is -0.651. The van der Waals surface area contributed by atoms with Crippen molar-refractivity contribution in [3.63, 3.8) is 0 Å². The third-order valence-electron chi connectivity index (χ3n) is 5.47. The summed E-state index contributed by atoms with van der Waals surface area (Å²) in [6.45, 7) is 1.92. The van der Waals surface area contributed by atoms with Crippen LogP contribution in [0.15, 0.2) is 59.3 Å². The van der Waals surface area contributed by atoms with Gasteiger partial charge in [-0.1, -0.05) is 18.2 Å². The first-order valence-electron chi connectivity index (χ1n) is 11.5. The summed E-state index contributed by atoms with van der Waals surface area (Å²) in [5.41, 5.74) is 2.97. The molecule has 0 aliphatic carbocycles. The van der Waals surface area contributed by atoms with Crippen LogP contribution in [0.4, 0.5) is 8.78 Å². The highest BCUT2D eigenvalue weighted by Gasteiger charge is 2.09. The van der Waals surface area contributed by atoms with Crippen LogP contribution in [0.3, 0.4) is 0 Å². The van der Waals surface area contributed by atoms with Gasteiger partial charge < -0.3 is 19.2 Å². The minimum Gasteiger partial charge on any atom is -0.487 e. The van der Waals surface area contributed by atoms with Gasteiger partial charge in [-0.2, -0.15) is 0 Å². The largest absolute Gasteiger partial charge is 0.487 e. The van der Waals surface area contributed by atoms with Crippen LogP contribution in [0.2, 0.25) is 0 Å². The maximum atomic E-state index is 13.8. The number of para-hydroxylation sites is 1. The molecule has 2 N–H and O–H groups in total. The van der Waals surface area contributed by atoms with Crippen LogP contribution in [0.5, 0.6) is 5.75 Å². The van der Waals surface area contributed by atoms with E-state index in [1.54, 1.807) is 13.1 Å². The maximum absolute atomic E-state index is 13.8. The van der Waals surface area contributed by atoms with Crippen molar-refractivity contribution >= 4 is 12.2 Å². The molecule has 0 saturated heterocycles. The number of unbranched alkanes of at least 4 members (excludes halogenated alkanes) is 1. The average Bonchev–Trinajstić information content (AvgIpc) is 3.50. The fourth-order valence-electron chi connectivity index (χ4n) is 3.61. The summed E-state index contributed by atoms with van der Waals surface area (Å²) in [4.78, 5) is 11.7. The number of aromatic amines is 1. The molecule has 1 unspecified atom stereocenters. The molecule has 6 nitrogen and oxygen atoms in total. The first-order chi connectivity index (χ1) is 17.0. The Morgan fingerprint density at radius 3 is 2.74 bits per heavy atom. The number of hydrogen-bond acceptors (Lipinski definition) is 5. The normalized spacial score (nSPS) is 12.3. The zero-order chi connectivity index (χ0) is 24.6. The molecule has 0 saturated carbocycles. The van der Waals surface area contributed by atoms with Gasteiger partial charge in [-0.05, 0) is 62.4 Å². The molecule has 0 aliphatic heterocycles. The number of aliphatic hydroxyl groups is 1. The molecule has 0 amide bonds. The number of benzene rings is 2. The van der Waals surface area contributed by atoms with Crippen molar-refractivity contribution in [1.29, 1.82) is 0 Å². The summed E-state index contributed by atoms with van der Waals surface area (Å²) in [7, 11) is 0. The molecule has 4 aromatic rings. The second-order valence-corrected chi connectivity index (χ2v) is 8.25. The van der Waals surface area contributed by atoms with Crippen LogP contribution in [0, 0.1) is 11.6 Å². The van der Waals surface area contributed by atoms with Gasteiger partial charge in [0.05, 0.1) is 0 Å². The van der Waals surface area contributed by atoms with E-state index >= 15 is 0 Å².